The third kappa shape index (κ3) is 63.5. The van der Waals surface area contributed by atoms with Crippen molar-refractivity contribution in [3.63, 3.8) is 0 Å². The summed E-state index contributed by atoms with van der Waals surface area (Å²) in [5.41, 5.74) is 0. The minimum atomic E-state index is -0.841. The second-order valence-electron chi connectivity index (χ2n) is 24.6. The standard InChI is InChI=1S/C72H139NO5/c1-3-5-7-9-11-13-15-16-17-18-35-38-41-45-48-52-56-60-64-70(75)69(68-74)73-71(76)65-61-57-53-49-46-42-39-36-33-31-29-27-25-23-21-19-20-22-24-26-28-30-32-34-37-40-43-47-51-55-59-63-67-78-72(77)66-62-58-54-50-44-14-12-10-8-6-4-2/h10,12,60,64,69-70,74-75H,3-9,11,13-59,61-63,65-68H2,1-2H3,(H,73,76)/b12-10-,64-60+. The lowest BCUT2D eigenvalue weighted by atomic mass is 10.0. The first kappa shape index (κ1) is 76.3. The Morgan fingerprint density at radius 2 is 0.615 bits per heavy atom. The molecule has 0 fully saturated rings. The van der Waals surface area contributed by atoms with E-state index in [0.29, 0.717) is 19.4 Å². The highest BCUT2D eigenvalue weighted by atomic mass is 16.5. The average molecular weight is 1100 g/mol. The topological polar surface area (TPSA) is 95.9 Å². The quantitative estimate of drug-likeness (QED) is 0.0320. The van der Waals surface area contributed by atoms with Gasteiger partial charge in [-0.05, 0) is 51.4 Å². The van der Waals surface area contributed by atoms with Gasteiger partial charge in [0, 0.05) is 12.8 Å². The normalized spacial score (nSPS) is 12.6. The number of carbonyl (C=O) groups is 2. The number of aliphatic hydroxyl groups excluding tert-OH is 2. The highest BCUT2D eigenvalue weighted by molar-refractivity contribution is 5.76. The highest BCUT2D eigenvalue weighted by Gasteiger charge is 2.18. The van der Waals surface area contributed by atoms with Crippen LogP contribution in [0.1, 0.15) is 399 Å². The number of nitrogens with one attached hydrogen (secondary N) is 1. The number of rotatable bonds is 67. The summed E-state index contributed by atoms with van der Waals surface area (Å²) in [7, 11) is 0. The van der Waals surface area contributed by atoms with Gasteiger partial charge < -0.3 is 20.3 Å². The molecule has 462 valence electrons. The van der Waals surface area contributed by atoms with Gasteiger partial charge in [0.1, 0.15) is 0 Å². The van der Waals surface area contributed by atoms with E-state index in [1.54, 1.807) is 6.08 Å². The molecule has 0 aliphatic carbocycles. The van der Waals surface area contributed by atoms with Gasteiger partial charge in [0.15, 0.2) is 0 Å². The molecule has 0 aromatic heterocycles. The van der Waals surface area contributed by atoms with Crippen LogP contribution in [0.25, 0.3) is 0 Å². The van der Waals surface area contributed by atoms with Gasteiger partial charge >= 0.3 is 5.97 Å². The van der Waals surface area contributed by atoms with Crippen LogP contribution in [0.4, 0.5) is 0 Å². The van der Waals surface area contributed by atoms with Gasteiger partial charge in [0.25, 0.3) is 0 Å². The predicted molar refractivity (Wildman–Crippen MR) is 343 cm³/mol. The molecule has 0 saturated heterocycles. The Morgan fingerprint density at radius 3 is 0.949 bits per heavy atom. The van der Waals surface area contributed by atoms with Gasteiger partial charge in [-0.15, -0.1) is 0 Å². The minimum absolute atomic E-state index is 0.0103. The van der Waals surface area contributed by atoms with Crippen molar-refractivity contribution in [2.45, 2.75) is 411 Å². The van der Waals surface area contributed by atoms with E-state index in [1.165, 1.54) is 327 Å². The first-order valence-corrected chi connectivity index (χ1v) is 35.6. The van der Waals surface area contributed by atoms with Gasteiger partial charge in [0.05, 0.1) is 25.4 Å². The number of unbranched alkanes of at least 4 members (excludes halogenated alkanes) is 54. The molecule has 0 aliphatic rings. The second-order valence-corrected chi connectivity index (χ2v) is 24.6. The summed E-state index contributed by atoms with van der Waals surface area (Å²) in [5, 5.41) is 23.2. The van der Waals surface area contributed by atoms with E-state index in [2.05, 4.69) is 31.3 Å². The molecule has 1 amide bonds. The number of ether oxygens (including phenoxy) is 1. The van der Waals surface area contributed by atoms with Crippen LogP contribution in [0.3, 0.4) is 0 Å². The van der Waals surface area contributed by atoms with Crippen molar-refractivity contribution >= 4 is 11.9 Å². The highest BCUT2D eigenvalue weighted by Crippen LogP contribution is 2.19. The second kappa shape index (κ2) is 67.8. The summed E-state index contributed by atoms with van der Waals surface area (Å²) in [5.74, 6) is -0.0496. The Bertz CT molecular complexity index is 1220. The summed E-state index contributed by atoms with van der Waals surface area (Å²) >= 11 is 0. The van der Waals surface area contributed by atoms with Crippen molar-refractivity contribution < 1.29 is 24.5 Å². The Hall–Kier alpha value is -1.66. The summed E-state index contributed by atoms with van der Waals surface area (Å²) in [6, 6.07) is -0.624. The Morgan fingerprint density at radius 1 is 0.346 bits per heavy atom. The lowest BCUT2D eigenvalue weighted by Crippen LogP contribution is -2.45. The Labute approximate surface area is 488 Å². The predicted octanol–water partition coefficient (Wildman–Crippen LogP) is 22.9. The summed E-state index contributed by atoms with van der Waals surface area (Å²) in [4.78, 5) is 24.5. The fourth-order valence-corrected chi connectivity index (χ4v) is 11.3. The molecule has 6 heteroatoms. The maximum atomic E-state index is 12.5. The molecule has 2 atom stereocenters. The monoisotopic (exact) mass is 1100 g/mol. The van der Waals surface area contributed by atoms with Crippen LogP contribution in [-0.2, 0) is 14.3 Å². The summed E-state index contributed by atoms with van der Waals surface area (Å²) < 4.78 is 5.47. The first-order chi connectivity index (χ1) is 38.5. The zero-order chi connectivity index (χ0) is 56.4. The molecule has 0 spiro atoms. The van der Waals surface area contributed by atoms with Gasteiger partial charge in [-0.1, -0.05) is 359 Å². The lowest BCUT2D eigenvalue weighted by Gasteiger charge is -2.20. The number of aliphatic hydroxyl groups is 2. The molecule has 0 bridgehead atoms. The van der Waals surface area contributed by atoms with Crippen LogP contribution in [0.2, 0.25) is 0 Å². The first-order valence-electron chi connectivity index (χ1n) is 35.6. The maximum absolute atomic E-state index is 12.5. The molecular formula is C72H139NO5. The van der Waals surface area contributed by atoms with Crippen molar-refractivity contribution in [1.29, 1.82) is 0 Å². The van der Waals surface area contributed by atoms with Crippen molar-refractivity contribution in [2.75, 3.05) is 13.2 Å². The average Bonchev–Trinajstić information content (AvgIpc) is 3.44. The Balaban J connectivity index is 3.35. The molecule has 0 aliphatic heterocycles. The summed E-state index contributed by atoms with van der Waals surface area (Å²) in [6.07, 6.45) is 85.6. The molecule has 2 unspecified atom stereocenters. The third-order valence-electron chi connectivity index (χ3n) is 16.7. The van der Waals surface area contributed by atoms with Gasteiger partial charge in [-0.2, -0.15) is 0 Å². The van der Waals surface area contributed by atoms with Crippen LogP contribution in [0.15, 0.2) is 24.3 Å². The van der Waals surface area contributed by atoms with Crippen LogP contribution < -0.4 is 5.32 Å². The van der Waals surface area contributed by atoms with E-state index in [-0.39, 0.29) is 18.5 Å². The van der Waals surface area contributed by atoms with Gasteiger partial charge in [-0.25, -0.2) is 0 Å². The molecule has 0 heterocycles. The molecule has 0 saturated carbocycles. The molecule has 0 aromatic carbocycles. The molecule has 78 heavy (non-hydrogen) atoms. The van der Waals surface area contributed by atoms with Gasteiger partial charge in [-0.3, -0.25) is 9.59 Å². The van der Waals surface area contributed by atoms with Crippen LogP contribution in [-0.4, -0.2) is 47.4 Å². The number of amides is 1. The third-order valence-corrected chi connectivity index (χ3v) is 16.7. The fraction of sp³-hybridized carbons (Fsp3) is 0.917. The number of esters is 1. The number of hydrogen-bond donors (Lipinski definition) is 3. The SMILES string of the molecule is CCCC/C=C\CCCCCCCC(=O)OCCCCCCCCCCCCCCCCCCCCCCCCCCCCCCCCCCC(=O)NC(CO)C(O)/C=C/CCCCCCCCCCCCCCCCCC. The van der Waals surface area contributed by atoms with E-state index in [0.717, 1.165) is 44.9 Å². The van der Waals surface area contributed by atoms with Gasteiger partial charge in [0.2, 0.25) is 5.91 Å². The smallest absolute Gasteiger partial charge is 0.305 e. The largest absolute Gasteiger partial charge is 0.466 e. The molecule has 3 N–H and O–H groups in total. The maximum Gasteiger partial charge on any atom is 0.305 e. The molecular weight excluding hydrogens is 959 g/mol. The number of carbonyl (C=O) groups excluding carboxylic acids is 2. The zero-order valence-electron chi connectivity index (χ0n) is 52.9. The van der Waals surface area contributed by atoms with E-state index in [1.807, 2.05) is 6.08 Å². The van der Waals surface area contributed by atoms with E-state index in [4.69, 9.17) is 4.74 Å². The van der Waals surface area contributed by atoms with Crippen LogP contribution in [0, 0.1) is 0 Å². The van der Waals surface area contributed by atoms with Crippen molar-refractivity contribution in [1.82, 2.24) is 5.32 Å². The van der Waals surface area contributed by atoms with Crippen LogP contribution >= 0.6 is 0 Å². The zero-order valence-corrected chi connectivity index (χ0v) is 52.9. The van der Waals surface area contributed by atoms with Crippen molar-refractivity contribution in [3.8, 4) is 0 Å². The molecule has 6 nitrogen and oxygen atoms in total. The lowest BCUT2D eigenvalue weighted by molar-refractivity contribution is -0.143. The number of hydrogen-bond acceptors (Lipinski definition) is 5. The Kier molecular flexibility index (Phi) is 66.4. The van der Waals surface area contributed by atoms with Crippen LogP contribution in [0.5, 0.6) is 0 Å². The molecule has 0 rings (SSSR count). The number of allylic oxidation sites excluding steroid dienone is 3. The minimum Gasteiger partial charge on any atom is -0.466 e. The van der Waals surface area contributed by atoms with Crippen molar-refractivity contribution in [3.05, 3.63) is 24.3 Å². The van der Waals surface area contributed by atoms with E-state index >= 15 is 0 Å². The summed E-state index contributed by atoms with van der Waals surface area (Å²) in [6.45, 7) is 4.90. The van der Waals surface area contributed by atoms with E-state index < -0.39 is 12.1 Å². The van der Waals surface area contributed by atoms with Crippen molar-refractivity contribution in [2.24, 2.45) is 0 Å². The molecule has 0 radical (unpaired) electrons. The fourth-order valence-electron chi connectivity index (χ4n) is 11.3. The van der Waals surface area contributed by atoms with E-state index in [9.17, 15) is 19.8 Å². The molecule has 0 aromatic rings.